The summed E-state index contributed by atoms with van der Waals surface area (Å²) in [4.78, 5) is 51.2. The Labute approximate surface area is 341 Å². The van der Waals surface area contributed by atoms with Crippen molar-refractivity contribution in [2.75, 3.05) is 48.3 Å². The number of fused-ring (bicyclic) bond motifs is 2. The number of aromatic nitrogens is 4. The number of ether oxygens (including phenoxy) is 1. The summed E-state index contributed by atoms with van der Waals surface area (Å²) in [7, 11) is 1.77. The van der Waals surface area contributed by atoms with Gasteiger partial charge in [0.05, 0.1) is 47.5 Å². The first kappa shape index (κ1) is 38.7. The second-order valence-corrected chi connectivity index (χ2v) is 15.6. The Kier molecular flexibility index (Phi) is 10.1. The molecule has 0 spiro atoms. The number of benzene rings is 2. The van der Waals surface area contributed by atoms with Gasteiger partial charge in [0.2, 0.25) is 5.91 Å². The number of piperidine rings is 1. The van der Waals surface area contributed by atoms with E-state index in [0.29, 0.717) is 65.9 Å². The van der Waals surface area contributed by atoms with Gasteiger partial charge in [0.15, 0.2) is 17.2 Å². The Bertz CT molecular complexity index is 2470. The molecule has 2 aromatic carbocycles. The molecule has 6 heterocycles. The van der Waals surface area contributed by atoms with Gasteiger partial charge in [-0.05, 0) is 53.8 Å². The smallest absolute Gasteiger partial charge is 0.328 e. The van der Waals surface area contributed by atoms with Gasteiger partial charge in [-0.25, -0.2) is 27.5 Å². The second-order valence-electron chi connectivity index (χ2n) is 15.2. The number of pyridine rings is 1. The van der Waals surface area contributed by atoms with Crippen molar-refractivity contribution in [3.63, 3.8) is 0 Å². The molecule has 3 atom stereocenters. The molecule has 3 aliphatic heterocycles. The van der Waals surface area contributed by atoms with Crippen LogP contribution < -0.4 is 25.8 Å². The first-order valence-corrected chi connectivity index (χ1v) is 19.8. The van der Waals surface area contributed by atoms with E-state index in [1.807, 2.05) is 36.4 Å². The normalized spacial score (nSPS) is 21.4. The van der Waals surface area contributed by atoms with E-state index in [0.717, 1.165) is 28.1 Å². The summed E-state index contributed by atoms with van der Waals surface area (Å²) >= 11 is 6.34. The van der Waals surface area contributed by atoms with Gasteiger partial charge in [-0.15, -0.1) is 5.10 Å². The molecular weight excluding hydrogens is 789 g/mol. The maximum absolute atomic E-state index is 15.5. The zero-order chi connectivity index (χ0) is 41.0. The van der Waals surface area contributed by atoms with Crippen molar-refractivity contribution in [2.24, 2.45) is 0 Å². The van der Waals surface area contributed by atoms with E-state index >= 15 is 8.78 Å². The molecule has 18 heteroatoms. The lowest BCUT2D eigenvalue weighted by molar-refractivity contribution is -0.178. The number of anilines is 4. The van der Waals surface area contributed by atoms with Crippen LogP contribution in [0, 0.1) is 0 Å². The molecule has 59 heavy (non-hydrogen) atoms. The van der Waals surface area contributed by atoms with Crippen LogP contribution in [0.3, 0.4) is 0 Å². The number of hydrogen-bond acceptors (Lipinski definition) is 10. The summed E-state index contributed by atoms with van der Waals surface area (Å²) in [5.41, 5.74) is 6.86. The van der Waals surface area contributed by atoms with E-state index in [2.05, 4.69) is 25.8 Å². The Hall–Kier alpha value is -5.78. The van der Waals surface area contributed by atoms with Crippen LogP contribution in [0.2, 0.25) is 5.02 Å². The van der Waals surface area contributed by atoms with E-state index < -0.39 is 42.7 Å². The Balaban J connectivity index is 0.846. The van der Waals surface area contributed by atoms with Crippen molar-refractivity contribution in [3.05, 3.63) is 94.4 Å². The number of carbonyl (C=O) groups is 3. The monoisotopic (exact) mass is 828 g/mol. The molecule has 0 bridgehead atoms. The number of imide groups is 1. The molecule has 5 aromatic rings. The van der Waals surface area contributed by atoms with Crippen LogP contribution >= 0.6 is 11.6 Å². The molecule has 3 aromatic heterocycles. The number of urea groups is 1. The van der Waals surface area contributed by atoms with E-state index in [4.69, 9.17) is 26.4 Å². The van der Waals surface area contributed by atoms with Crippen LogP contribution in [-0.4, -0.2) is 99.8 Å². The first-order valence-electron chi connectivity index (χ1n) is 19.4. The third-order valence-electron chi connectivity index (χ3n) is 11.2. The summed E-state index contributed by atoms with van der Waals surface area (Å²) in [6.07, 6.45) is 2.10. The molecule has 9 rings (SSSR count). The first-order chi connectivity index (χ1) is 28.4. The van der Waals surface area contributed by atoms with Crippen molar-refractivity contribution >= 4 is 58.0 Å². The molecular formula is C41H40ClF3N10O4. The Morgan fingerprint density at radius 2 is 1.81 bits per heavy atom. The van der Waals surface area contributed by atoms with Gasteiger partial charge in [-0.1, -0.05) is 35.9 Å². The number of rotatable bonds is 11. The van der Waals surface area contributed by atoms with Gasteiger partial charge in [0, 0.05) is 69.6 Å². The van der Waals surface area contributed by atoms with Gasteiger partial charge in [-0.3, -0.25) is 29.7 Å². The number of nitrogens with zero attached hydrogens (tertiary/aromatic N) is 7. The minimum Gasteiger partial charge on any atom is -0.385 e. The number of nitrogens with one attached hydrogen (secondary N) is 3. The number of carbonyl (C=O) groups excluding carboxylic acids is 3. The molecule has 2 saturated heterocycles. The lowest BCUT2D eigenvalue weighted by atomic mass is 10.0. The third kappa shape index (κ3) is 7.65. The van der Waals surface area contributed by atoms with Gasteiger partial charge >= 0.3 is 6.03 Å². The van der Waals surface area contributed by atoms with Crippen molar-refractivity contribution in [1.82, 2.24) is 35.1 Å². The quantitative estimate of drug-likeness (QED) is 0.147. The predicted octanol–water partition coefficient (Wildman–Crippen LogP) is 5.89. The summed E-state index contributed by atoms with van der Waals surface area (Å²) in [5, 5.41) is 13.2. The number of imidazole rings is 1. The van der Waals surface area contributed by atoms with Crippen molar-refractivity contribution in [1.29, 1.82) is 0 Å². The fourth-order valence-electron chi connectivity index (χ4n) is 8.01. The maximum Gasteiger partial charge on any atom is 0.328 e. The Morgan fingerprint density at radius 1 is 1.00 bits per heavy atom. The zero-order valence-electron chi connectivity index (χ0n) is 31.9. The topological polar surface area (TPSA) is 149 Å². The van der Waals surface area contributed by atoms with Crippen molar-refractivity contribution < 1.29 is 32.3 Å². The number of amides is 4. The lowest BCUT2D eigenvalue weighted by Gasteiger charge is -2.38. The molecule has 3 N–H and O–H groups in total. The van der Waals surface area contributed by atoms with Crippen LogP contribution in [0.4, 0.5) is 40.8 Å². The third-order valence-corrected chi connectivity index (χ3v) is 11.5. The fraction of sp³-hybridized carbons (Fsp3) is 0.366. The molecule has 0 radical (unpaired) electrons. The van der Waals surface area contributed by atoms with Crippen LogP contribution in [0.5, 0.6) is 0 Å². The molecule has 4 amide bonds. The highest BCUT2D eigenvalue weighted by Gasteiger charge is 2.45. The highest BCUT2D eigenvalue weighted by Crippen LogP contribution is 2.40. The van der Waals surface area contributed by atoms with Crippen LogP contribution in [0.25, 0.3) is 16.9 Å². The second kappa shape index (κ2) is 15.4. The maximum atomic E-state index is 15.5. The van der Waals surface area contributed by atoms with Crippen molar-refractivity contribution in [2.45, 2.75) is 63.1 Å². The zero-order valence-corrected chi connectivity index (χ0v) is 32.7. The molecule has 306 valence electrons. The van der Waals surface area contributed by atoms with E-state index in [1.165, 1.54) is 15.6 Å². The van der Waals surface area contributed by atoms with Crippen molar-refractivity contribution in [3.8, 4) is 11.3 Å². The van der Waals surface area contributed by atoms with E-state index in [-0.39, 0.29) is 37.6 Å². The van der Waals surface area contributed by atoms with Gasteiger partial charge in [-0.2, -0.15) is 0 Å². The number of hydrogen-bond donors (Lipinski definition) is 3. The summed E-state index contributed by atoms with van der Waals surface area (Å²) in [5.74, 6) is -3.31. The van der Waals surface area contributed by atoms with Crippen LogP contribution in [0.15, 0.2) is 67.0 Å². The van der Waals surface area contributed by atoms with Gasteiger partial charge in [0.1, 0.15) is 12.3 Å². The largest absolute Gasteiger partial charge is 0.385 e. The summed E-state index contributed by atoms with van der Waals surface area (Å²) in [6, 6.07) is 15.5. The average Bonchev–Trinajstić information content (AvgIpc) is 3.54. The number of alkyl halides is 3. The van der Waals surface area contributed by atoms with Crippen LogP contribution in [-0.2, 0) is 29.1 Å². The minimum absolute atomic E-state index is 0.0958. The highest BCUT2D eigenvalue weighted by atomic mass is 35.5. The molecule has 1 unspecified atom stereocenters. The number of halogens is 4. The molecule has 3 fully saturated rings. The SMILES string of the molecule is CNc1cc(N2CCc3c(-c4ccc(CN5CCC(OCc6ccc(Cl)c(N7CCC(=O)NC7=O)c6)C(F)(F)C5)cn4)cccc32)nn2c(C(=O)N[C@@H]3C[C@@H]3F)cnc12. The minimum atomic E-state index is -3.11. The summed E-state index contributed by atoms with van der Waals surface area (Å²) in [6.45, 7) is 0.910. The fourth-order valence-corrected chi connectivity index (χ4v) is 8.23. The van der Waals surface area contributed by atoms with E-state index in [9.17, 15) is 18.8 Å². The molecule has 14 nitrogen and oxygen atoms in total. The Morgan fingerprint density at radius 3 is 2.56 bits per heavy atom. The van der Waals surface area contributed by atoms with Crippen LogP contribution in [0.1, 0.15) is 46.4 Å². The van der Waals surface area contributed by atoms with Gasteiger partial charge < -0.3 is 20.3 Å². The lowest BCUT2D eigenvalue weighted by Crippen LogP contribution is -2.52. The molecule has 1 aliphatic carbocycles. The van der Waals surface area contributed by atoms with Gasteiger partial charge in [0.25, 0.3) is 11.8 Å². The molecule has 1 saturated carbocycles. The standard InChI is InChI=1S/C41H40ClF3N10O4/c1-46-31-17-36(51-55-34(19-48-38(31)55)39(57)49-30-16-28(30)43)53-13-9-26-25(3-2-4-32(26)53)29-8-6-24(18-47-29)20-52-12-10-35(41(44,45)22-52)59-21-23-5-7-27(42)33(15-23)54-14-11-37(56)50-40(54)58/h2-8,15,17-19,28,30,35,46H,9-14,16,20-22H2,1H3,(H,49,57)(H,50,56,58)/t28-,30+,35?/m0/s1. The van der Waals surface area contributed by atoms with E-state index in [1.54, 1.807) is 36.3 Å². The summed E-state index contributed by atoms with van der Waals surface area (Å²) < 4.78 is 51.8. The number of likely N-dealkylation sites (tertiary alicyclic amines) is 1. The highest BCUT2D eigenvalue weighted by molar-refractivity contribution is 6.34. The average molecular weight is 829 g/mol. The molecule has 4 aliphatic rings. The predicted molar refractivity (Wildman–Crippen MR) is 214 cm³/mol.